The first-order valence-electron chi connectivity index (χ1n) is 4.13. The largest absolute Gasteiger partial charge is 0.479 e. The van der Waals surface area contributed by atoms with E-state index in [2.05, 4.69) is 10.6 Å². The lowest BCUT2D eigenvalue weighted by atomic mass is 9.92. The number of carbonyl (C=O) groups is 3. The fourth-order valence-electron chi connectivity index (χ4n) is 1.09. The van der Waals surface area contributed by atoms with Crippen molar-refractivity contribution in [1.82, 2.24) is 10.6 Å². The summed E-state index contributed by atoms with van der Waals surface area (Å²) >= 11 is 0. The molecular formula is C8H10N2O5. The number of hydrogen-bond acceptors (Lipinski definition) is 4. The third-order valence-electron chi connectivity index (χ3n) is 2.00. The average molecular weight is 214 g/mol. The zero-order valence-electron chi connectivity index (χ0n) is 7.69. The second kappa shape index (κ2) is 4.09. The first kappa shape index (κ1) is 11.2. The predicted octanol–water partition coefficient (Wildman–Crippen LogP) is -1.83. The quantitative estimate of drug-likeness (QED) is 0.409. The molecule has 1 rings (SSSR count). The Morgan fingerprint density at radius 3 is 2.13 bits per heavy atom. The van der Waals surface area contributed by atoms with Crippen LogP contribution in [0.2, 0.25) is 0 Å². The number of nitrogens with one attached hydrogen (secondary N) is 2. The van der Waals surface area contributed by atoms with Crippen LogP contribution < -0.4 is 10.6 Å². The highest BCUT2D eigenvalue weighted by Gasteiger charge is 2.45. The lowest BCUT2D eigenvalue weighted by Gasteiger charge is -2.38. The van der Waals surface area contributed by atoms with Gasteiger partial charge < -0.3 is 20.8 Å². The summed E-state index contributed by atoms with van der Waals surface area (Å²) in [6, 6.07) is 0. The van der Waals surface area contributed by atoms with Crippen LogP contribution in [0.1, 0.15) is 0 Å². The summed E-state index contributed by atoms with van der Waals surface area (Å²) in [6.07, 6.45) is 1.43. The molecule has 0 unspecified atom stereocenters. The zero-order valence-corrected chi connectivity index (χ0v) is 7.69. The molecule has 0 aromatic carbocycles. The van der Waals surface area contributed by atoms with Crippen LogP contribution in [0, 0.1) is 0 Å². The molecule has 0 saturated carbocycles. The molecule has 1 aliphatic rings. The van der Waals surface area contributed by atoms with Crippen molar-refractivity contribution in [3.05, 3.63) is 12.2 Å². The second-order valence-electron chi connectivity index (χ2n) is 3.15. The van der Waals surface area contributed by atoms with Crippen LogP contribution in [-0.2, 0) is 14.4 Å². The Kier molecular flexibility index (Phi) is 3.05. The predicted molar refractivity (Wildman–Crippen MR) is 48.2 cm³/mol. The van der Waals surface area contributed by atoms with Gasteiger partial charge in [-0.15, -0.1) is 0 Å². The number of hydrogen-bond donors (Lipinski definition) is 4. The Labute approximate surface area is 84.8 Å². The monoisotopic (exact) mass is 214 g/mol. The Morgan fingerprint density at radius 1 is 1.20 bits per heavy atom. The zero-order chi connectivity index (χ0) is 11.5. The third kappa shape index (κ3) is 2.53. The molecule has 7 heteroatoms. The van der Waals surface area contributed by atoms with E-state index in [4.69, 9.17) is 10.2 Å². The molecule has 0 bridgehead atoms. The first-order chi connectivity index (χ1) is 6.96. The SMILES string of the molecule is O=C(O)/C=C\C(=O)NC1(C(=O)O)CNC1. The van der Waals surface area contributed by atoms with Crippen molar-refractivity contribution in [3.63, 3.8) is 0 Å². The van der Waals surface area contributed by atoms with Gasteiger partial charge >= 0.3 is 11.9 Å². The van der Waals surface area contributed by atoms with Crippen LogP contribution in [0.25, 0.3) is 0 Å². The van der Waals surface area contributed by atoms with E-state index in [0.717, 1.165) is 6.08 Å². The van der Waals surface area contributed by atoms with Gasteiger partial charge in [-0.3, -0.25) is 4.79 Å². The van der Waals surface area contributed by atoms with E-state index in [9.17, 15) is 14.4 Å². The summed E-state index contributed by atoms with van der Waals surface area (Å²) in [5.74, 6) is -3.14. The van der Waals surface area contributed by atoms with Crippen molar-refractivity contribution >= 4 is 17.8 Å². The molecule has 0 radical (unpaired) electrons. The van der Waals surface area contributed by atoms with Gasteiger partial charge in [0.1, 0.15) is 0 Å². The number of aliphatic carboxylic acids is 2. The van der Waals surface area contributed by atoms with E-state index < -0.39 is 23.4 Å². The number of amides is 1. The molecule has 1 fully saturated rings. The maximum atomic E-state index is 11.1. The smallest absolute Gasteiger partial charge is 0.332 e. The summed E-state index contributed by atoms with van der Waals surface area (Å²) in [5, 5.41) is 22.0. The molecule has 1 aliphatic heterocycles. The van der Waals surface area contributed by atoms with Crippen LogP contribution in [0.3, 0.4) is 0 Å². The Hall–Kier alpha value is -1.89. The van der Waals surface area contributed by atoms with Crippen molar-refractivity contribution in [2.75, 3.05) is 13.1 Å². The van der Waals surface area contributed by atoms with Gasteiger partial charge in [0.25, 0.3) is 0 Å². The van der Waals surface area contributed by atoms with Gasteiger partial charge in [0, 0.05) is 25.2 Å². The normalized spacial score (nSPS) is 18.1. The standard InChI is InChI=1S/C8H10N2O5/c11-5(1-2-6(12)13)10-8(7(14)15)3-9-4-8/h1-2,9H,3-4H2,(H,10,11)(H,12,13)(H,14,15)/b2-1-. The lowest BCUT2D eigenvalue weighted by molar-refractivity contribution is -0.149. The lowest BCUT2D eigenvalue weighted by Crippen LogP contribution is -2.73. The molecule has 0 aliphatic carbocycles. The van der Waals surface area contributed by atoms with Gasteiger partial charge in [-0.05, 0) is 0 Å². The molecule has 7 nitrogen and oxygen atoms in total. The van der Waals surface area contributed by atoms with Gasteiger partial charge in [-0.25, -0.2) is 9.59 Å². The van der Waals surface area contributed by atoms with Gasteiger partial charge in [0.15, 0.2) is 5.54 Å². The molecular weight excluding hydrogens is 204 g/mol. The van der Waals surface area contributed by atoms with Crippen LogP contribution in [0.4, 0.5) is 0 Å². The topological polar surface area (TPSA) is 116 Å². The minimum atomic E-state index is -1.31. The molecule has 1 heterocycles. The number of carboxylic acids is 2. The summed E-state index contributed by atoms with van der Waals surface area (Å²) < 4.78 is 0. The highest BCUT2D eigenvalue weighted by molar-refractivity contribution is 5.97. The van der Waals surface area contributed by atoms with Crippen molar-refractivity contribution < 1.29 is 24.6 Å². The third-order valence-corrected chi connectivity index (χ3v) is 2.00. The number of rotatable bonds is 4. The fourth-order valence-corrected chi connectivity index (χ4v) is 1.09. The molecule has 4 N–H and O–H groups in total. The molecule has 1 amide bonds. The summed E-state index contributed by atoms with van der Waals surface area (Å²) in [4.78, 5) is 32.0. The highest BCUT2D eigenvalue weighted by Crippen LogP contribution is 2.10. The van der Waals surface area contributed by atoms with Gasteiger partial charge in [0.05, 0.1) is 0 Å². The summed E-state index contributed by atoms with van der Waals surface area (Å²) in [5.41, 5.74) is -1.31. The van der Waals surface area contributed by atoms with E-state index in [1.54, 1.807) is 0 Å². The highest BCUT2D eigenvalue weighted by atomic mass is 16.4. The maximum absolute atomic E-state index is 11.1. The Balaban J connectivity index is 2.57. The molecule has 15 heavy (non-hydrogen) atoms. The molecule has 0 spiro atoms. The Morgan fingerprint density at radius 2 is 1.80 bits per heavy atom. The van der Waals surface area contributed by atoms with Crippen LogP contribution in [0.5, 0.6) is 0 Å². The molecule has 0 atom stereocenters. The maximum Gasteiger partial charge on any atom is 0.332 e. The van der Waals surface area contributed by atoms with E-state index in [1.165, 1.54) is 0 Å². The van der Waals surface area contributed by atoms with Crippen LogP contribution >= 0.6 is 0 Å². The molecule has 1 saturated heterocycles. The van der Waals surface area contributed by atoms with Crippen molar-refractivity contribution in [2.24, 2.45) is 0 Å². The Bertz CT molecular complexity index is 332. The summed E-state index contributed by atoms with van der Waals surface area (Å²) in [7, 11) is 0. The van der Waals surface area contributed by atoms with Crippen LogP contribution in [0.15, 0.2) is 12.2 Å². The average Bonchev–Trinajstić information content (AvgIpc) is 2.07. The minimum Gasteiger partial charge on any atom is -0.479 e. The number of carboxylic acid groups (broad SMARTS) is 2. The van der Waals surface area contributed by atoms with Crippen molar-refractivity contribution in [1.29, 1.82) is 0 Å². The second-order valence-corrected chi connectivity index (χ2v) is 3.15. The van der Waals surface area contributed by atoms with E-state index in [-0.39, 0.29) is 13.1 Å². The molecule has 82 valence electrons. The van der Waals surface area contributed by atoms with Crippen molar-refractivity contribution in [3.8, 4) is 0 Å². The molecule has 0 aromatic rings. The molecule has 0 aromatic heterocycles. The first-order valence-corrected chi connectivity index (χ1v) is 4.13. The van der Waals surface area contributed by atoms with Crippen LogP contribution in [-0.4, -0.2) is 46.7 Å². The van der Waals surface area contributed by atoms with Crippen molar-refractivity contribution in [2.45, 2.75) is 5.54 Å². The number of carbonyl (C=O) groups excluding carboxylic acids is 1. The minimum absolute atomic E-state index is 0.134. The summed E-state index contributed by atoms with van der Waals surface area (Å²) in [6.45, 7) is 0.268. The van der Waals surface area contributed by atoms with E-state index in [0.29, 0.717) is 6.08 Å². The van der Waals surface area contributed by atoms with Gasteiger partial charge in [0.2, 0.25) is 5.91 Å². The van der Waals surface area contributed by atoms with E-state index >= 15 is 0 Å². The van der Waals surface area contributed by atoms with Gasteiger partial charge in [-0.1, -0.05) is 0 Å². The fraction of sp³-hybridized carbons (Fsp3) is 0.375. The van der Waals surface area contributed by atoms with Gasteiger partial charge in [-0.2, -0.15) is 0 Å². The van der Waals surface area contributed by atoms with E-state index in [1.807, 2.05) is 0 Å².